The Balaban J connectivity index is 2.18. The molecule has 1 aliphatic heterocycles. The van der Waals surface area contributed by atoms with E-state index in [4.69, 9.17) is 4.74 Å². The lowest BCUT2D eigenvalue weighted by Crippen LogP contribution is -2.39. The fourth-order valence-electron chi connectivity index (χ4n) is 2.82. The summed E-state index contributed by atoms with van der Waals surface area (Å²) in [4.78, 5) is 0. The standard InChI is InChI=1S/C15H23NO/c1-3-15(9-11-16-12-10-15)13-5-7-14(8-6-13)17-4-2/h5-8,16H,3-4,9-12H2,1-2H3. The molecule has 0 bridgehead atoms. The van der Waals surface area contributed by atoms with Gasteiger partial charge in [0.1, 0.15) is 5.75 Å². The summed E-state index contributed by atoms with van der Waals surface area (Å²) < 4.78 is 5.50. The Labute approximate surface area is 104 Å². The second-order valence-electron chi connectivity index (χ2n) is 4.84. The highest BCUT2D eigenvalue weighted by molar-refractivity contribution is 5.33. The van der Waals surface area contributed by atoms with Crippen molar-refractivity contribution in [1.29, 1.82) is 0 Å². The Morgan fingerprint density at radius 1 is 1.12 bits per heavy atom. The molecular weight excluding hydrogens is 210 g/mol. The van der Waals surface area contributed by atoms with Crippen LogP contribution >= 0.6 is 0 Å². The molecule has 0 unspecified atom stereocenters. The van der Waals surface area contributed by atoms with Gasteiger partial charge in [0.05, 0.1) is 6.61 Å². The van der Waals surface area contributed by atoms with E-state index in [0.717, 1.165) is 25.4 Å². The largest absolute Gasteiger partial charge is 0.494 e. The Morgan fingerprint density at radius 2 is 1.76 bits per heavy atom. The fraction of sp³-hybridized carbons (Fsp3) is 0.600. The molecule has 94 valence electrons. The number of hydrogen-bond donors (Lipinski definition) is 1. The van der Waals surface area contributed by atoms with Crippen LogP contribution in [-0.2, 0) is 5.41 Å². The lowest BCUT2D eigenvalue weighted by Gasteiger charge is -2.37. The second-order valence-corrected chi connectivity index (χ2v) is 4.84. The van der Waals surface area contributed by atoms with Crippen LogP contribution in [0, 0.1) is 0 Å². The average Bonchev–Trinajstić information content (AvgIpc) is 2.41. The van der Waals surface area contributed by atoms with Crippen LogP contribution in [0.25, 0.3) is 0 Å². The highest BCUT2D eigenvalue weighted by Crippen LogP contribution is 2.37. The number of benzene rings is 1. The fourth-order valence-corrected chi connectivity index (χ4v) is 2.82. The van der Waals surface area contributed by atoms with E-state index in [1.807, 2.05) is 6.92 Å². The molecular formula is C15H23NO. The summed E-state index contributed by atoms with van der Waals surface area (Å²) in [6, 6.07) is 8.72. The Morgan fingerprint density at radius 3 is 2.29 bits per heavy atom. The van der Waals surface area contributed by atoms with Crippen LogP contribution in [0.5, 0.6) is 5.75 Å². The summed E-state index contributed by atoms with van der Waals surface area (Å²) in [5, 5.41) is 3.45. The Hall–Kier alpha value is -1.02. The minimum atomic E-state index is 0.385. The van der Waals surface area contributed by atoms with Crippen LogP contribution in [0.15, 0.2) is 24.3 Å². The third-order valence-electron chi connectivity index (χ3n) is 4.02. The van der Waals surface area contributed by atoms with Gasteiger partial charge in [0, 0.05) is 0 Å². The van der Waals surface area contributed by atoms with E-state index in [-0.39, 0.29) is 0 Å². The van der Waals surface area contributed by atoms with Gasteiger partial charge < -0.3 is 10.1 Å². The first kappa shape index (κ1) is 12.4. The first-order valence-electron chi connectivity index (χ1n) is 6.75. The molecule has 0 amide bonds. The molecule has 0 aliphatic carbocycles. The zero-order valence-electron chi connectivity index (χ0n) is 11.0. The van der Waals surface area contributed by atoms with Gasteiger partial charge in [-0.1, -0.05) is 19.1 Å². The van der Waals surface area contributed by atoms with Crippen LogP contribution in [-0.4, -0.2) is 19.7 Å². The van der Waals surface area contributed by atoms with Crippen molar-refractivity contribution in [2.24, 2.45) is 0 Å². The molecule has 2 rings (SSSR count). The van der Waals surface area contributed by atoms with Gasteiger partial charge in [-0.2, -0.15) is 0 Å². The second kappa shape index (κ2) is 5.54. The predicted molar refractivity (Wildman–Crippen MR) is 71.7 cm³/mol. The van der Waals surface area contributed by atoms with Crippen molar-refractivity contribution < 1.29 is 4.74 Å². The third-order valence-corrected chi connectivity index (χ3v) is 4.02. The molecule has 2 nitrogen and oxygen atoms in total. The molecule has 0 saturated carbocycles. The van der Waals surface area contributed by atoms with Gasteiger partial charge in [-0.25, -0.2) is 0 Å². The van der Waals surface area contributed by atoms with E-state index in [9.17, 15) is 0 Å². The Bertz CT molecular complexity index is 338. The monoisotopic (exact) mass is 233 g/mol. The molecule has 2 heteroatoms. The van der Waals surface area contributed by atoms with Crippen molar-refractivity contribution >= 4 is 0 Å². The van der Waals surface area contributed by atoms with Crippen molar-refractivity contribution in [3.05, 3.63) is 29.8 Å². The summed E-state index contributed by atoms with van der Waals surface area (Å²) in [7, 11) is 0. The molecule has 1 N–H and O–H groups in total. The summed E-state index contributed by atoms with van der Waals surface area (Å²) in [6.07, 6.45) is 3.72. The lowest BCUT2D eigenvalue weighted by molar-refractivity contribution is 0.297. The van der Waals surface area contributed by atoms with E-state index in [0.29, 0.717) is 5.41 Å². The molecule has 0 radical (unpaired) electrons. The van der Waals surface area contributed by atoms with Gasteiger partial charge in [0.2, 0.25) is 0 Å². The SMILES string of the molecule is CCOc1ccc(C2(CC)CCNCC2)cc1. The quantitative estimate of drug-likeness (QED) is 0.862. The van der Waals surface area contributed by atoms with Crippen LogP contribution in [0.1, 0.15) is 38.7 Å². The van der Waals surface area contributed by atoms with Crippen molar-refractivity contribution in [3.8, 4) is 5.75 Å². The van der Waals surface area contributed by atoms with Gasteiger partial charge in [-0.3, -0.25) is 0 Å². The number of piperidine rings is 1. The molecule has 1 fully saturated rings. The van der Waals surface area contributed by atoms with E-state index in [1.54, 1.807) is 0 Å². The minimum Gasteiger partial charge on any atom is -0.494 e. The summed E-state index contributed by atoms with van der Waals surface area (Å²) in [5.74, 6) is 0.983. The molecule has 0 aromatic heterocycles. The molecule has 0 spiro atoms. The zero-order chi connectivity index (χ0) is 12.1. The topological polar surface area (TPSA) is 21.3 Å². The maximum absolute atomic E-state index is 5.50. The van der Waals surface area contributed by atoms with Crippen LogP contribution < -0.4 is 10.1 Å². The predicted octanol–water partition coefficient (Wildman–Crippen LogP) is 3.12. The molecule has 1 aliphatic rings. The van der Waals surface area contributed by atoms with Crippen LogP contribution in [0.2, 0.25) is 0 Å². The van der Waals surface area contributed by atoms with Crippen molar-refractivity contribution in [3.63, 3.8) is 0 Å². The maximum Gasteiger partial charge on any atom is 0.119 e. The van der Waals surface area contributed by atoms with E-state index in [1.165, 1.54) is 24.8 Å². The molecule has 1 heterocycles. The van der Waals surface area contributed by atoms with Gasteiger partial charge in [0.25, 0.3) is 0 Å². The first-order valence-corrected chi connectivity index (χ1v) is 6.75. The number of ether oxygens (including phenoxy) is 1. The molecule has 1 saturated heterocycles. The van der Waals surface area contributed by atoms with Gasteiger partial charge in [-0.15, -0.1) is 0 Å². The average molecular weight is 233 g/mol. The number of rotatable bonds is 4. The molecule has 0 atom stereocenters. The van der Waals surface area contributed by atoms with Gasteiger partial charge >= 0.3 is 0 Å². The van der Waals surface area contributed by atoms with Crippen LogP contribution in [0.3, 0.4) is 0 Å². The van der Waals surface area contributed by atoms with E-state index >= 15 is 0 Å². The van der Waals surface area contributed by atoms with Gasteiger partial charge in [-0.05, 0) is 62.4 Å². The number of hydrogen-bond acceptors (Lipinski definition) is 2. The highest BCUT2D eigenvalue weighted by Gasteiger charge is 2.31. The zero-order valence-corrected chi connectivity index (χ0v) is 11.0. The Kier molecular flexibility index (Phi) is 4.06. The third kappa shape index (κ3) is 2.63. The molecule has 1 aromatic rings. The maximum atomic E-state index is 5.50. The normalized spacial score (nSPS) is 18.9. The minimum absolute atomic E-state index is 0.385. The molecule has 1 aromatic carbocycles. The number of nitrogens with one attached hydrogen (secondary N) is 1. The first-order chi connectivity index (χ1) is 8.30. The smallest absolute Gasteiger partial charge is 0.119 e. The molecule has 17 heavy (non-hydrogen) atoms. The van der Waals surface area contributed by atoms with E-state index < -0.39 is 0 Å². The van der Waals surface area contributed by atoms with Crippen molar-refractivity contribution in [1.82, 2.24) is 5.32 Å². The summed E-state index contributed by atoms with van der Waals surface area (Å²) >= 11 is 0. The van der Waals surface area contributed by atoms with E-state index in [2.05, 4.69) is 36.5 Å². The van der Waals surface area contributed by atoms with Gasteiger partial charge in [0.15, 0.2) is 0 Å². The summed E-state index contributed by atoms with van der Waals surface area (Å²) in [6.45, 7) is 7.35. The highest BCUT2D eigenvalue weighted by atomic mass is 16.5. The summed E-state index contributed by atoms with van der Waals surface area (Å²) in [5.41, 5.74) is 1.86. The van der Waals surface area contributed by atoms with Crippen molar-refractivity contribution in [2.75, 3.05) is 19.7 Å². The van der Waals surface area contributed by atoms with Crippen molar-refractivity contribution in [2.45, 2.75) is 38.5 Å². The van der Waals surface area contributed by atoms with Crippen LogP contribution in [0.4, 0.5) is 0 Å². The lowest BCUT2D eigenvalue weighted by atomic mass is 9.71.